The number of rotatable bonds is 7. The molecule has 0 aliphatic carbocycles. The minimum Gasteiger partial charge on any atom is -0.496 e. The van der Waals surface area contributed by atoms with Gasteiger partial charge in [-0.1, -0.05) is 65.8 Å². The normalized spacial score (nSPS) is 11.3. The van der Waals surface area contributed by atoms with Gasteiger partial charge in [-0.2, -0.15) is 5.10 Å². The highest BCUT2D eigenvalue weighted by atomic mass is 35.5. The van der Waals surface area contributed by atoms with Crippen LogP contribution in [0, 0.1) is 0 Å². The molecule has 5 aromatic rings. The van der Waals surface area contributed by atoms with Crippen LogP contribution in [0.25, 0.3) is 27.4 Å². The fourth-order valence-electron chi connectivity index (χ4n) is 3.94. The summed E-state index contributed by atoms with van der Waals surface area (Å²) in [5, 5.41) is 7.58. The second-order valence-electron chi connectivity index (χ2n) is 8.01. The Balaban J connectivity index is 1.38. The van der Waals surface area contributed by atoms with Crippen LogP contribution in [0.2, 0.25) is 5.02 Å². The molecule has 0 spiro atoms. The Kier molecular flexibility index (Phi) is 7.20. The van der Waals surface area contributed by atoms with E-state index in [-0.39, 0.29) is 17.2 Å². The van der Waals surface area contributed by atoms with Crippen molar-refractivity contribution in [2.45, 2.75) is 5.16 Å². The Hall–Kier alpha value is -4.14. The summed E-state index contributed by atoms with van der Waals surface area (Å²) in [6, 6.07) is 25.7. The fraction of sp³-hybridized carbons (Fsp3) is 0.0714. The van der Waals surface area contributed by atoms with Crippen LogP contribution in [0.5, 0.6) is 5.75 Å². The molecule has 1 N–H and O–H groups in total. The van der Waals surface area contributed by atoms with Crippen LogP contribution in [0.3, 0.4) is 0 Å². The molecule has 7 nitrogen and oxygen atoms in total. The molecule has 1 aromatic heterocycles. The van der Waals surface area contributed by atoms with Gasteiger partial charge in [0.1, 0.15) is 5.75 Å². The number of aromatic nitrogens is 2. The summed E-state index contributed by atoms with van der Waals surface area (Å²) in [7, 11) is 1.59. The van der Waals surface area contributed by atoms with E-state index >= 15 is 0 Å². The zero-order valence-corrected chi connectivity index (χ0v) is 21.3. The number of carbonyl (C=O) groups excluding carboxylic acids is 1. The highest BCUT2D eigenvalue weighted by Crippen LogP contribution is 2.26. The number of benzene rings is 4. The van der Waals surface area contributed by atoms with E-state index in [0.29, 0.717) is 32.5 Å². The van der Waals surface area contributed by atoms with E-state index in [1.807, 2.05) is 42.5 Å². The molecule has 0 bridgehead atoms. The standard InChI is InChI=1S/C28H21ClN4O3S/c1-36-25-15-10-18-6-2-3-7-21(18)23(25)16-30-32-26(34)17-37-28-31-24-9-5-4-8-22(24)27(35)33(28)20-13-11-19(29)12-14-20/h2-16H,17H2,1H3,(H,32,34)/b30-16-. The molecule has 1 amide bonds. The van der Waals surface area contributed by atoms with Gasteiger partial charge in [-0.05, 0) is 53.2 Å². The van der Waals surface area contributed by atoms with Crippen molar-refractivity contribution in [2.75, 3.05) is 12.9 Å². The number of para-hydroxylation sites is 1. The van der Waals surface area contributed by atoms with Crippen LogP contribution in [0.1, 0.15) is 5.56 Å². The maximum Gasteiger partial charge on any atom is 0.266 e. The second-order valence-corrected chi connectivity index (χ2v) is 9.39. The first-order chi connectivity index (χ1) is 18.0. The topological polar surface area (TPSA) is 85.6 Å². The van der Waals surface area contributed by atoms with Gasteiger partial charge in [-0.25, -0.2) is 10.4 Å². The molecule has 0 aliphatic rings. The predicted molar refractivity (Wildman–Crippen MR) is 149 cm³/mol. The van der Waals surface area contributed by atoms with Crippen molar-refractivity contribution in [2.24, 2.45) is 5.10 Å². The molecule has 0 aliphatic heterocycles. The average molecular weight is 529 g/mol. The molecule has 0 atom stereocenters. The lowest BCUT2D eigenvalue weighted by Crippen LogP contribution is -2.24. The third-order valence-corrected chi connectivity index (χ3v) is 6.89. The number of halogens is 1. The Morgan fingerprint density at radius 1 is 1.03 bits per heavy atom. The van der Waals surface area contributed by atoms with Crippen LogP contribution in [0.15, 0.2) is 100.0 Å². The van der Waals surface area contributed by atoms with Crippen molar-refractivity contribution in [3.8, 4) is 11.4 Å². The van der Waals surface area contributed by atoms with Crippen LogP contribution in [-0.2, 0) is 4.79 Å². The van der Waals surface area contributed by atoms with Crippen molar-refractivity contribution in [3.05, 3.63) is 106 Å². The first-order valence-electron chi connectivity index (χ1n) is 11.3. The van der Waals surface area contributed by atoms with Crippen LogP contribution >= 0.6 is 23.4 Å². The average Bonchev–Trinajstić information content (AvgIpc) is 2.93. The monoisotopic (exact) mass is 528 g/mol. The molecule has 1 heterocycles. The minimum absolute atomic E-state index is 0.00236. The maximum atomic E-state index is 13.3. The Labute approximate surface area is 221 Å². The van der Waals surface area contributed by atoms with E-state index < -0.39 is 0 Å². The Morgan fingerprint density at radius 3 is 2.54 bits per heavy atom. The Morgan fingerprint density at radius 2 is 1.76 bits per heavy atom. The maximum absolute atomic E-state index is 13.3. The number of methoxy groups -OCH3 is 1. The van der Waals surface area contributed by atoms with E-state index in [1.54, 1.807) is 55.8 Å². The zero-order valence-electron chi connectivity index (χ0n) is 19.7. The molecule has 0 saturated heterocycles. The fourth-order valence-corrected chi connectivity index (χ4v) is 4.88. The van der Waals surface area contributed by atoms with Crippen molar-refractivity contribution < 1.29 is 9.53 Å². The van der Waals surface area contributed by atoms with Gasteiger partial charge in [-0.15, -0.1) is 0 Å². The summed E-state index contributed by atoms with van der Waals surface area (Å²) < 4.78 is 6.96. The molecule has 0 saturated carbocycles. The molecular weight excluding hydrogens is 508 g/mol. The molecule has 5 rings (SSSR count). The number of nitrogens with one attached hydrogen (secondary N) is 1. The summed E-state index contributed by atoms with van der Waals surface area (Å²) in [5.41, 5.74) is 4.26. The highest BCUT2D eigenvalue weighted by molar-refractivity contribution is 7.99. The van der Waals surface area contributed by atoms with Crippen molar-refractivity contribution in [1.82, 2.24) is 15.0 Å². The quantitative estimate of drug-likeness (QED) is 0.131. The zero-order chi connectivity index (χ0) is 25.8. The van der Waals surface area contributed by atoms with Crippen LogP contribution in [0.4, 0.5) is 0 Å². The van der Waals surface area contributed by atoms with Crippen molar-refractivity contribution in [1.29, 1.82) is 0 Å². The highest BCUT2D eigenvalue weighted by Gasteiger charge is 2.15. The number of nitrogens with zero attached hydrogens (tertiary/aromatic N) is 3. The van der Waals surface area contributed by atoms with E-state index in [1.165, 1.54) is 4.57 Å². The van der Waals surface area contributed by atoms with E-state index in [2.05, 4.69) is 15.5 Å². The molecule has 37 heavy (non-hydrogen) atoms. The first-order valence-corrected chi connectivity index (χ1v) is 12.7. The molecule has 0 unspecified atom stereocenters. The first kappa shape index (κ1) is 24.5. The van der Waals surface area contributed by atoms with Gasteiger partial charge >= 0.3 is 0 Å². The van der Waals surface area contributed by atoms with Gasteiger partial charge in [0, 0.05) is 10.6 Å². The number of thioether (sulfide) groups is 1. The largest absolute Gasteiger partial charge is 0.496 e. The van der Waals surface area contributed by atoms with Gasteiger partial charge in [0.05, 0.1) is 35.7 Å². The third kappa shape index (κ3) is 5.21. The molecule has 184 valence electrons. The van der Waals surface area contributed by atoms with Crippen LogP contribution in [-0.4, -0.2) is 34.5 Å². The summed E-state index contributed by atoms with van der Waals surface area (Å²) in [4.78, 5) is 30.6. The summed E-state index contributed by atoms with van der Waals surface area (Å²) in [5.74, 6) is 0.312. The molecule has 9 heteroatoms. The minimum atomic E-state index is -0.342. The van der Waals surface area contributed by atoms with Crippen molar-refractivity contribution in [3.63, 3.8) is 0 Å². The molecule has 4 aromatic carbocycles. The molecular formula is C28H21ClN4O3S. The van der Waals surface area contributed by atoms with E-state index in [0.717, 1.165) is 28.1 Å². The number of fused-ring (bicyclic) bond motifs is 2. The second kappa shape index (κ2) is 10.9. The lowest BCUT2D eigenvalue weighted by molar-refractivity contribution is -0.118. The number of carbonyl (C=O) groups is 1. The van der Waals surface area contributed by atoms with Crippen LogP contribution < -0.4 is 15.7 Å². The van der Waals surface area contributed by atoms with Crippen molar-refractivity contribution >= 4 is 57.2 Å². The lowest BCUT2D eigenvalue weighted by Gasteiger charge is -2.13. The number of hydrogen-bond acceptors (Lipinski definition) is 6. The molecule has 0 fully saturated rings. The van der Waals surface area contributed by atoms with E-state index in [4.69, 9.17) is 16.3 Å². The smallest absolute Gasteiger partial charge is 0.266 e. The summed E-state index contributed by atoms with van der Waals surface area (Å²) in [6.45, 7) is 0. The van der Waals surface area contributed by atoms with E-state index in [9.17, 15) is 9.59 Å². The number of amides is 1. The number of hydrogen-bond donors (Lipinski definition) is 1. The third-order valence-electron chi connectivity index (χ3n) is 5.70. The number of hydrazone groups is 1. The molecule has 0 radical (unpaired) electrons. The number of ether oxygens (including phenoxy) is 1. The van der Waals surface area contributed by atoms with Gasteiger partial charge in [0.2, 0.25) is 0 Å². The lowest BCUT2D eigenvalue weighted by atomic mass is 10.0. The summed E-state index contributed by atoms with van der Waals surface area (Å²) in [6.07, 6.45) is 1.57. The predicted octanol–water partition coefficient (Wildman–Crippen LogP) is 5.44. The van der Waals surface area contributed by atoms with Gasteiger partial charge in [0.25, 0.3) is 11.5 Å². The van der Waals surface area contributed by atoms with Gasteiger partial charge < -0.3 is 4.74 Å². The van der Waals surface area contributed by atoms with Gasteiger partial charge in [-0.3, -0.25) is 14.2 Å². The SMILES string of the molecule is COc1ccc2ccccc2c1/C=N\NC(=O)CSc1nc2ccccc2c(=O)n1-c1ccc(Cl)cc1. The summed E-state index contributed by atoms with van der Waals surface area (Å²) >= 11 is 7.19. The van der Waals surface area contributed by atoms with Gasteiger partial charge in [0.15, 0.2) is 5.16 Å². The Bertz CT molecular complexity index is 1700.